The molecule has 0 bridgehead atoms. The van der Waals surface area contributed by atoms with Crippen LogP contribution in [0.3, 0.4) is 0 Å². The lowest BCUT2D eigenvalue weighted by molar-refractivity contribution is -0.129. The van der Waals surface area contributed by atoms with E-state index in [2.05, 4.69) is 5.32 Å². The molecule has 0 heterocycles. The first kappa shape index (κ1) is 13.9. The van der Waals surface area contributed by atoms with Gasteiger partial charge in [0, 0.05) is 5.56 Å². The topological polar surface area (TPSA) is 64.3 Å². The lowest BCUT2D eigenvalue weighted by atomic mass is 9.77. The summed E-state index contributed by atoms with van der Waals surface area (Å²) in [5.41, 5.74) is 7.50. The number of amides is 1. The van der Waals surface area contributed by atoms with Crippen molar-refractivity contribution in [3.63, 3.8) is 0 Å². The van der Waals surface area contributed by atoms with Crippen LogP contribution in [0.25, 0.3) is 0 Å². The molecule has 0 radical (unpaired) electrons. The maximum atomic E-state index is 12.1. The van der Waals surface area contributed by atoms with Crippen LogP contribution in [0.1, 0.15) is 43.4 Å². The lowest BCUT2D eigenvalue weighted by Crippen LogP contribution is -2.58. The van der Waals surface area contributed by atoms with Crippen LogP contribution in [0, 0.1) is 6.92 Å². The zero-order chi connectivity index (χ0) is 14.0. The van der Waals surface area contributed by atoms with Gasteiger partial charge in [-0.15, -0.1) is 0 Å². The summed E-state index contributed by atoms with van der Waals surface area (Å²) < 4.78 is 5.35. The Morgan fingerprint density at radius 2 is 2.16 bits per heavy atom. The Morgan fingerprint density at radius 3 is 2.68 bits per heavy atom. The van der Waals surface area contributed by atoms with Crippen molar-refractivity contribution in [2.75, 3.05) is 7.11 Å². The van der Waals surface area contributed by atoms with Gasteiger partial charge >= 0.3 is 0 Å². The third-order valence-corrected chi connectivity index (χ3v) is 3.90. The number of hydrogen-bond acceptors (Lipinski definition) is 3. The first-order chi connectivity index (χ1) is 8.96. The first-order valence-electron chi connectivity index (χ1n) is 6.71. The van der Waals surface area contributed by atoms with E-state index >= 15 is 0 Å². The van der Waals surface area contributed by atoms with Gasteiger partial charge in [0.2, 0.25) is 5.91 Å². The van der Waals surface area contributed by atoms with Gasteiger partial charge in [-0.25, -0.2) is 0 Å². The van der Waals surface area contributed by atoms with E-state index in [1.165, 1.54) is 0 Å². The van der Waals surface area contributed by atoms with Crippen LogP contribution in [0.2, 0.25) is 0 Å². The number of hydrogen-bond donors (Lipinski definition) is 2. The summed E-state index contributed by atoms with van der Waals surface area (Å²) in [5, 5.41) is 3.00. The number of methoxy groups -OCH3 is 1. The molecule has 2 rings (SSSR count). The van der Waals surface area contributed by atoms with E-state index in [1.54, 1.807) is 7.11 Å². The summed E-state index contributed by atoms with van der Waals surface area (Å²) in [6.45, 7) is 3.98. The third-order valence-electron chi connectivity index (χ3n) is 3.90. The van der Waals surface area contributed by atoms with Gasteiger partial charge in [0.15, 0.2) is 0 Å². The second-order valence-corrected chi connectivity index (χ2v) is 5.45. The molecular weight excluding hydrogens is 240 g/mol. The molecule has 0 aromatic heterocycles. The highest BCUT2D eigenvalue weighted by Crippen LogP contribution is 2.31. The Bertz CT molecular complexity index is 481. The highest BCUT2D eigenvalue weighted by Gasteiger charge is 2.40. The van der Waals surface area contributed by atoms with Crippen LogP contribution in [0.15, 0.2) is 18.2 Å². The van der Waals surface area contributed by atoms with Crippen molar-refractivity contribution < 1.29 is 9.53 Å². The molecule has 1 aromatic carbocycles. The van der Waals surface area contributed by atoms with E-state index in [4.69, 9.17) is 10.5 Å². The van der Waals surface area contributed by atoms with Crippen LogP contribution in [0.5, 0.6) is 5.75 Å². The molecule has 1 fully saturated rings. The van der Waals surface area contributed by atoms with E-state index in [-0.39, 0.29) is 11.9 Å². The number of rotatable bonds is 4. The molecule has 104 valence electrons. The van der Waals surface area contributed by atoms with Crippen molar-refractivity contribution in [2.24, 2.45) is 5.73 Å². The Morgan fingerprint density at radius 1 is 1.47 bits per heavy atom. The van der Waals surface area contributed by atoms with E-state index in [1.807, 2.05) is 32.0 Å². The Hall–Kier alpha value is -1.55. The molecule has 1 unspecified atom stereocenters. The second kappa shape index (κ2) is 5.21. The highest BCUT2D eigenvalue weighted by atomic mass is 16.5. The largest absolute Gasteiger partial charge is 0.496 e. The van der Waals surface area contributed by atoms with Crippen LogP contribution in [-0.2, 0) is 4.79 Å². The van der Waals surface area contributed by atoms with Gasteiger partial charge in [-0.2, -0.15) is 0 Å². The van der Waals surface area contributed by atoms with Crippen LogP contribution in [0.4, 0.5) is 0 Å². The zero-order valence-electron chi connectivity index (χ0n) is 11.8. The fraction of sp³-hybridized carbons (Fsp3) is 0.533. The second-order valence-electron chi connectivity index (χ2n) is 5.45. The number of benzene rings is 1. The molecule has 4 nitrogen and oxygen atoms in total. The SMILES string of the molecule is COc1ccc(C)cc1C(C)NC(=O)C1(N)CCC1. The molecule has 0 aliphatic heterocycles. The van der Waals surface area contributed by atoms with Gasteiger partial charge in [0.1, 0.15) is 5.75 Å². The van der Waals surface area contributed by atoms with E-state index < -0.39 is 5.54 Å². The van der Waals surface area contributed by atoms with Crippen molar-refractivity contribution in [1.82, 2.24) is 5.32 Å². The third kappa shape index (κ3) is 2.73. The van der Waals surface area contributed by atoms with Crippen molar-refractivity contribution in [2.45, 2.75) is 44.7 Å². The van der Waals surface area contributed by atoms with Crippen LogP contribution >= 0.6 is 0 Å². The zero-order valence-corrected chi connectivity index (χ0v) is 11.8. The molecule has 1 aliphatic rings. The van der Waals surface area contributed by atoms with Crippen molar-refractivity contribution in [1.29, 1.82) is 0 Å². The van der Waals surface area contributed by atoms with E-state index in [0.717, 1.165) is 36.1 Å². The highest BCUT2D eigenvalue weighted by molar-refractivity contribution is 5.87. The smallest absolute Gasteiger partial charge is 0.240 e. The minimum atomic E-state index is -0.661. The molecule has 1 atom stereocenters. The molecule has 1 saturated carbocycles. The van der Waals surface area contributed by atoms with E-state index in [0.29, 0.717) is 0 Å². The Kier molecular flexibility index (Phi) is 3.80. The van der Waals surface area contributed by atoms with Crippen molar-refractivity contribution in [3.05, 3.63) is 29.3 Å². The molecule has 0 spiro atoms. The lowest BCUT2D eigenvalue weighted by Gasteiger charge is -2.37. The summed E-state index contributed by atoms with van der Waals surface area (Å²) in [7, 11) is 1.64. The van der Waals surface area contributed by atoms with Crippen molar-refractivity contribution >= 4 is 5.91 Å². The number of nitrogens with two attached hydrogens (primary N) is 1. The number of carbonyl (C=O) groups excluding carboxylic acids is 1. The standard InChI is InChI=1S/C15H22N2O2/c1-10-5-6-13(19-3)12(9-10)11(2)17-14(18)15(16)7-4-8-15/h5-6,9,11H,4,7-8,16H2,1-3H3,(H,17,18). The number of aryl methyl sites for hydroxylation is 1. The van der Waals surface area contributed by atoms with Crippen molar-refractivity contribution in [3.8, 4) is 5.75 Å². The van der Waals surface area contributed by atoms with Gasteiger partial charge in [0.05, 0.1) is 18.7 Å². The van der Waals surface area contributed by atoms with Gasteiger partial charge in [-0.05, 0) is 39.2 Å². The maximum absolute atomic E-state index is 12.1. The summed E-state index contributed by atoms with van der Waals surface area (Å²) in [6.07, 6.45) is 2.58. The Balaban J connectivity index is 2.13. The fourth-order valence-electron chi connectivity index (χ4n) is 2.40. The van der Waals surface area contributed by atoms with Gasteiger partial charge in [-0.3, -0.25) is 4.79 Å². The van der Waals surface area contributed by atoms with E-state index in [9.17, 15) is 4.79 Å². The van der Waals surface area contributed by atoms with Crippen LogP contribution in [-0.4, -0.2) is 18.6 Å². The molecule has 19 heavy (non-hydrogen) atoms. The number of ether oxygens (including phenoxy) is 1. The minimum Gasteiger partial charge on any atom is -0.496 e. The van der Waals surface area contributed by atoms with Gasteiger partial charge in [-0.1, -0.05) is 17.7 Å². The average Bonchev–Trinajstić information content (AvgIpc) is 2.35. The fourth-order valence-corrected chi connectivity index (χ4v) is 2.40. The van der Waals surface area contributed by atoms with Gasteiger partial charge < -0.3 is 15.8 Å². The quantitative estimate of drug-likeness (QED) is 0.873. The molecule has 1 amide bonds. The number of nitrogens with one attached hydrogen (secondary N) is 1. The predicted molar refractivity (Wildman–Crippen MR) is 75.1 cm³/mol. The number of carbonyl (C=O) groups is 1. The molecule has 3 N–H and O–H groups in total. The minimum absolute atomic E-state index is 0.0604. The average molecular weight is 262 g/mol. The predicted octanol–water partition coefficient (Wildman–Crippen LogP) is 2.06. The summed E-state index contributed by atoms with van der Waals surface area (Å²) >= 11 is 0. The molecular formula is C15H22N2O2. The molecule has 4 heteroatoms. The summed E-state index contributed by atoms with van der Waals surface area (Å²) in [6, 6.07) is 5.85. The summed E-state index contributed by atoms with van der Waals surface area (Å²) in [4.78, 5) is 12.1. The van der Waals surface area contributed by atoms with Crippen LogP contribution < -0.4 is 15.8 Å². The first-order valence-corrected chi connectivity index (χ1v) is 6.71. The molecule has 0 saturated heterocycles. The molecule has 1 aromatic rings. The molecule has 1 aliphatic carbocycles. The Labute approximate surface area is 114 Å². The normalized spacial score (nSPS) is 18.3. The monoisotopic (exact) mass is 262 g/mol. The maximum Gasteiger partial charge on any atom is 0.240 e. The van der Waals surface area contributed by atoms with Gasteiger partial charge in [0.25, 0.3) is 0 Å². The summed E-state index contributed by atoms with van der Waals surface area (Å²) in [5.74, 6) is 0.730.